The van der Waals surface area contributed by atoms with E-state index in [0.29, 0.717) is 22.6 Å². The number of carboxylic acids is 1. The quantitative estimate of drug-likeness (QED) is 0.533. The van der Waals surface area contributed by atoms with Crippen molar-refractivity contribution in [2.45, 2.75) is 6.92 Å². The van der Waals surface area contributed by atoms with E-state index < -0.39 is 5.97 Å². The largest absolute Gasteiger partial charge is 0.478 e. The highest BCUT2D eigenvalue weighted by atomic mass is 16.5. The second-order valence-corrected chi connectivity index (χ2v) is 7.50. The van der Waals surface area contributed by atoms with Gasteiger partial charge in [-0.2, -0.15) is 0 Å². The molecule has 150 valence electrons. The maximum atomic E-state index is 12.1. The lowest BCUT2D eigenvalue weighted by molar-refractivity contribution is 0.0696. The van der Waals surface area contributed by atoms with Gasteiger partial charge in [-0.1, -0.05) is 30.8 Å². The van der Waals surface area contributed by atoms with E-state index in [1.807, 2.05) is 55.4 Å². The average Bonchev–Trinajstić information content (AvgIpc) is 2.70. The first-order valence-corrected chi connectivity index (χ1v) is 9.48. The summed E-state index contributed by atoms with van der Waals surface area (Å²) in [7, 11) is 3.89. The highest BCUT2D eigenvalue weighted by Crippen LogP contribution is 2.39. The molecule has 1 aliphatic rings. The highest BCUT2D eigenvalue weighted by molar-refractivity contribution is 6.02. The van der Waals surface area contributed by atoms with Gasteiger partial charge in [0.15, 0.2) is 5.78 Å². The number of carbonyl (C=O) groups is 2. The normalized spacial score (nSPS) is 11.9. The number of hydrogen-bond acceptors (Lipinski definition) is 4. The van der Waals surface area contributed by atoms with Crippen LogP contribution >= 0.6 is 0 Å². The summed E-state index contributed by atoms with van der Waals surface area (Å²) in [5, 5.41) is 11.5. The van der Waals surface area contributed by atoms with Crippen LogP contribution in [-0.4, -0.2) is 31.0 Å². The van der Waals surface area contributed by atoms with Crippen LogP contribution in [-0.2, 0) is 0 Å². The molecular weight excluding hydrogens is 378 g/mol. The van der Waals surface area contributed by atoms with Crippen LogP contribution in [0.25, 0.3) is 12.2 Å². The minimum absolute atomic E-state index is 0.0758. The van der Waals surface area contributed by atoms with Gasteiger partial charge in [0.1, 0.15) is 11.5 Å². The second kappa shape index (κ2) is 7.19. The zero-order chi connectivity index (χ0) is 21.6. The zero-order valence-electron chi connectivity index (χ0n) is 17.0. The Balaban J connectivity index is 2.10. The van der Waals surface area contributed by atoms with E-state index >= 15 is 0 Å². The number of hydrogen-bond donors (Lipinski definition) is 1. The number of ketones is 1. The maximum Gasteiger partial charge on any atom is 0.336 e. The molecule has 0 aromatic heterocycles. The molecule has 0 bridgehead atoms. The molecule has 30 heavy (non-hydrogen) atoms. The van der Waals surface area contributed by atoms with E-state index in [0.717, 1.165) is 27.3 Å². The average molecular weight is 399 g/mol. The van der Waals surface area contributed by atoms with E-state index in [4.69, 9.17) is 4.74 Å². The van der Waals surface area contributed by atoms with E-state index in [1.165, 1.54) is 13.0 Å². The molecule has 1 aliphatic heterocycles. The van der Waals surface area contributed by atoms with Crippen molar-refractivity contribution in [2.75, 3.05) is 19.0 Å². The number of nitrogens with zero attached hydrogens (tertiary/aromatic N) is 1. The SMILES string of the molecule is C=c1ccc2c(c1)Oc1cc(N(C)C)ccc1C=2c1ccc(C(C)=O)cc1C(=O)O. The monoisotopic (exact) mass is 399 g/mol. The van der Waals surface area contributed by atoms with Crippen molar-refractivity contribution >= 4 is 29.6 Å². The van der Waals surface area contributed by atoms with Gasteiger partial charge in [0.25, 0.3) is 0 Å². The van der Waals surface area contributed by atoms with E-state index in [9.17, 15) is 14.7 Å². The van der Waals surface area contributed by atoms with Gasteiger partial charge in [0, 0.05) is 47.8 Å². The summed E-state index contributed by atoms with van der Waals surface area (Å²) in [6, 6.07) is 16.2. The van der Waals surface area contributed by atoms with Gasteiger partial charge in [-0.25, -0.2) is 4.79 Å². The molecule has 1 N–H and O–H groups in total. The number of fused-ring (bicyclic) bond motifs is 2. The summed E-state index contributed by atoms with van der Waals surface area (Å²) in [5.74, 6) is -0.0118. The van der Waals surface area contributed by atoms with Gasteiger partial charge in [0.05, 0.1) is 5.56 Å². The van der Waals surface area contributed by atoms with E-state index in [-0.39, 0.29) is 11.3 Å². The second-order valence-electron chi connectivity index (χ2n) is 7.50. The summed E-state index contributed by atoms with van der Waals surface area (Å²) in [6.07, 6.45) is 0. The Kier molecular flexibility index (Phi) is 4.66. The van der Waals surface area contributed by atoms with Gasteiger partial charge in [-0.15, -0.1) is 0 Å². The molecule has 4 rings (SSSR count). The summed E-state index contributed by atoms with van der Waals surface area (Å²) in [5.41, 5.74) is 3.49. The Morgan fingerprint density at radius 3 is 2.33 bits per heavy atom. The molecule has 0 radical (unpaired) electrons. The summed E-state index contributed by atoms with van der Waals surface area (Å²) >= 11 is 0. The van der Waals surface area contributed by atoms with Crippen molar-refractivity contribution in [2.24, 2.45) is 0 Å². The van der Waals surface area contributed by atoms with Crippen molar-refractivity contribution in [3.8, 4) is 11.5 Å². The van der Waals surface area contributed by atoms with Crippen LogP contribution in [0, 0.1) is 0 Å². The Hall–Kier alpha value is -3.86. The minimum Gasteiger partial charge on any atom is -0.478 e. The first-order valence-electron chi connectivity index (χ1n) is 9.48. The minimum atomic E-state index is -1.09. The van der Waals surface area contributed by atoms with Crippen LogP contribution in [0.1, 0.15) is 38.8 Å². The fourth-order valence-electron chi connectivity index (χ4n) is 3.65. The van der Waals surface area contributed by atoms with Crippen LogP contribution in [0.4, 0.5) is 5.69 Å². The first kappa shape index (κ1) is 19.5. The lowest BCUT2D eigenvalue weighted by atomic mass is 9.88. The molecule has 1 heterocycles. The molecule has 3 aromatic rings. The molecule has 0 unspecified atom stereocenters. The number of carboxylic acid groups (broad SMARTS) is 1. The maximum absolute atomic E-state index is 12.1. The molecule has 0 fully saturated rings. The number of anilines is 1. The lowest BCUT2D eigenvalue weighted by Crippen LogP contribution is -2.21. The number of ether oxygens (including phenoxy) is 1. The molecule has 0 atom stereocenters. The summed E-state index contributed by atoms with van der Waals surface area (Å²) in [4.78, 5) is 25.9. The summed E-state index contributed by atoms with van der Waals surface area (Å²) < 4.78 is 6.17. The third-order valence-corrected chi connectivity index (χ3v) is 5.21. The number of rotatable bonds is 4. The predicted molar refractivity (Wildman–Crippen MR) is 117 cm³/mol. The molecule has 0 aliphatic carbocycles. The van der Waals surface area contributed by atoms with Crippen LogP contribution in [0.5, 0.6) is 11.5 Å². The van der Waals surface area contributed by atoms with Crippen molar-refractivity contribution < 1.29 is 19.4 Å². The van der Waals surface area contributed by atoms with Crippen molar-refractivity contribution in [1.82, 2.24) is 0 Å². The Morgan fingerprint density at radius 2 is 1.67 bits per heavy atom. The topological polar surface area (TPSA) is 66.8 Å². The Labute approximate surface area is 174 Å². The molecule has 0 saturated heterocycles. The smallest absolute Gasteiger partial charge is 0.336 e. The highest BCUT2D eigenvalue weighted by Gasteiger charge is 2.24. The fraction of sp³-hybridized carbons (Fsp3) is 0.120. The molecule has 5 nitrogen and oxygen atoms in total. The molecule has 0 amide bonds. The number of Topliss-reactive ketones (excluding diaryl/α,β-unsaturated/α-hetero) is 1. The van der Waals surface area contributed by atoms with Gasteiger partial charge in [-0.05, 0) is 42.0 Å². The lowest BCUT2D eigenvalue weighted by Gasteiger charge is -2.24. The van der Waals surface area contributed by atoms with Gasteiger partial charge in [-0.3, -0.25) is 4.79 Å². The first-order chi connectivity index (χ1) is 14.3. The van der Waals surface area contributed by atoms with Crippen LogP contribution in [0.2, 0.25) is 0 Å². The van der Waals surface area contributed by atoms with Crippen LogP contribution < -0.4 is 20.1 Å². The summed E-state index contributed by atoms with van der Waals surface area (Å²) in [6.45, 7) is 5.40. The van der Waals surface area contributed by atoms with Crippen molar-refractivity contribution in [3.05, 3.63) is 87.3 Å². The van der Waals surface area contributed by atoms with E-state index in [2.05, 4.69) is 6.58 Å². The van der Waals surface area contributed by atoms with Crippen molar-refractivity contribution in [3.63, 3.8) is 0 Å². The third kappa shape index (κ3) is 3.24. The standard InChI is InChI=1S/C25H21NO4/c1-14-5-8-19-22(11-14)30-23-13-17(26(3)4)7-10-20(23)24(19)18-9-6-16(15(2)27)12-21(18)25(28)29/h5-13H,1H2,2-4H3,(H,28,29). The van der Waals surface area contributed by atoms with E-state index in [1.54, 1.807) is 12.1 Å². The molecule has 3 aromatic carbocycles. The Morgan fingerprint density at radius 1 is 0.933 bits per heavy atom. The zero-order valence-corrected chi connectivity index (χ0v) is 17.0. The Bertz CT molecular complexity index is 1320. The molecule has 0 saturated carbocycles. The number of benzene rings is 3. The van der Waals surface area contributed by atoms with Crippen LogP contribution in [0.15, 0.2) is 54.6 Å². The van der Waals surface area contributed by atoms with Gasteiger partial charge in [0.2, 0.25) is 0 Å². The fourth-order valence-corrected chi connectivity index (χ4v) is 3.65. The number of aromatic carboxylic acids is 1. The van der Waals surface area contributed by atoms with Gasteiger partial charge >= 0.3 is 5.97 Å². The molecule has 0 spiro atoms. The molecular formula is C25H21NO4. The predicted octanol–water partition coefficient (Wildman–Crippen LogP) is 3.42. The number of carbonyl (C=O) groups excluding carboxylic acids is 1. The van der Waals surface area contributed by atoms with Crippen molar-refractivity contribution in [1.29, 1.82) is 0 Å². The third-order valence-electron chi connectivity index (χ3n) is 5.21. The van der Waals surface area contributed by atoms with Crippen LogP contribution in [0.3, 0.4) is 0 Å². The molecule has 5 heteroatoms. The van der Waals surface area contributed by atoms with Gasteiger partial charge < -0.3 is 14.7 Å².